The van der Waals surface area contributed by atoms with Crippen LogP contribution in [0.3, 0.4) is 0 Å². The molecule has 4 heteroatoms. The van der Waals surface area contributed by atoms with Crippen LogP contribution in [0.5, 0.6) is 5.75 Å². The Labute approximate surface area is 53.4 Å². The van der Waals surface area contributed by atoms with Gasteiger partial charge in [-0.05, 0) is 0 Å². The van der Waals surface area contributed by atoms with Crippen LogP contribution in [0.4, 0.5) is 0 Å². The zero-order valence-electron chi connectivity index (χ0n) is 5.46. The van der Waals surface area contributed by atoms with E-state index in [1.54, 1.807) is 24.1 Å². The third-order valence-corrected chi connectivity index (χ3v) is 0.901. The Hall–Kier alpha value is -1.03. The van der Waals surface area contributed by atoms with Crippen molar-refractivity contribution >= 4 is 0 Å². The van der Waals surface area contributed by atoms with Crippen molar-refractivity contribution in [3.63, 3.8) is 0 Å². The van der Waals surface area contributed by atoms with Crippen LogP contribution in [0.2, 0.25) is 0 Å². The second-order valence-electron chi connectivity index (χ2n) is 1.66. The first kappa shape index (κ1) is 6.10. The lowest BCUT2D eigenvalue weighted by molar-refractivity contribution is 0.223. The van der Waals surface area contributed by atoms with E-state index in [1.165, 1.54) is 0 Å². The van der Waals surface area contributed by atoms with Crippen LogP contribution >= 0.6 is 0 Å². The number of rotatable bonds is 2. The van der Waals surface area contributed by atoms with Crippen LogP contribution in [0.25, 0.3) is 0 Å². The first-order valence-electron chi connectivity index (χ1n) is 2.65. The molecule has 1 rings (SSSR count). The summed E-state index contributed by atoms with van der Waals surface area (Å²) in [6.07, 6.45) is 3.41. The van der Waals surface area contributed by atoms with Crippen LogP contribution < -0.4 is 10.3 Å². The Bertz CT molecular complexity index is 184. The standard InChI is InChI=1S/C5H9N3O/c1-6-9-5-3-7-8(2)4-5/h3-4,6H,1-2H3. The SMILES string of the molecule is CNOc1cnn(C)c1. The molecule has 1 N–H and O–H groups in total. The quantitative estimate of drug-likeness (QED) is 0.565. The zero-order valence-corrected chi connectivity index (χ0v) is 5.46. The Morgan fingerprint density at radius 2 is 2.56 bits per heavy atom. The molecule has 0 amide bonds. The summed E-state index contributed by atoms with van der Waals surface area (Å²) in [6.45, 7) is 0. The van der Waals surface area contributed by atoms with Gasteiger partial charge in [-0.25, -0.2) is 0 Å². The van der Waals surface area contributed by atoms with Gasteiger partial charge in [-0.3, -0.25) is 4.68 Å². The Morgan fingerprint density at radius 1 is 1.78 bits per heavy atom. The zero-order chi connectivity index (χ0) is 6.69. The van der Waals surface area contributed by atoms with Crippen molar-refractivity contribution in [3.05, 3.63) is 12.4 Å². The Balaban J connectivity index is 2.61. The summed E-state index contributed by atoms with van der Waals surface area (Å²) in [5, 5.41) is 3.89. The molecule has 0 aromatic carbocycles. The summed E-state index contributed by atoms with van der Waals surface area (Å²) in [5.74, 6) is 0.722. The summed E-state index contributed by atoms with van der Waals surface area (Å²) in [5.41, 5.74) is 2.54. The van der Waals surface area contributed by atoms with E-state index >= 15 is 0 Å². The minimum atomic E-state index is 0.722. The molecule has 1 aromatic heterocycles. The molecule has 9 heavy (non-hydrogen) atoms. The van der Waals surface area contributed by atoms with E-state index in [2.05, 4.69) is 10.6 Å². The molecule has 0 bridgehead atoms. The number of nitrogens with zero attached hydrogens (tertiary/aromatic N) is 2. The van der Waals surface area contributed by atoms with Gasteiger partial charge in [0.05, 0.1) is 12.4 Å². The van der Waals surface area contributed by atoms with Crippen LogP contribution in [-0.2, 0) is 7.05 Å². The number of aromatic nitrogens is 2. The molecule has 0 unspecified atom stereocenters. The summed E-state index contributed by atoms with van der Waals surface area (Å²) < 4.78 is 1.67. The van der Waals surface area contributed by atoms with Crippen LogP contribution in [0, 0.1) is 0 Å². The van der Waals surface area contributed by atoms with Crippen LogP contribution in [0.15, 0.2) is 12.4 Å². The second kappa shape index (κ2) is 2.50. The average molecular weight is 127 g/mol. The molecule has 0 aliphatic heterocycles. The van der Waals surface area contributed by atoms with Gasteiger partial charge in [-0.1, -0.05) is 0 Å². The van der Waals surface area contributed by atoms with Crippen molar-refractivity contribution < 1.29 is 4.84 Å². The fourth-order valence-corrected chi connectivity index (χ4v) is 0.569. The average Bonchev–Trinajstić information content (AvgIpc) is 2.17. The highest BCUT2D eigenvalue weighted by Crippen LogP contribution is 2.03. The number of hydroxylamine groups is 1. The largest absolute Gasteiger partial charge is 0.406 e. The highest BCUT2D eigenvalue weighted by atomic mass is 16.6. The molecule has 0 fully saturated rings. The molecule has 0 atom stereocenters. The van der Waals surface area contributed by atoms with Crippen LogP contribution in [0.1, 0.15) is 0 Å². The number of nitrogens with one attached hydrogen (secondary N) is 1. The first-order chi connectivity index (χ1) is 4.33. The predicted molar refractivity (Wildman–Crippen MR) is 32.9 cm³/mol. The maximum atomic E-state index is 4.89. The summed E-state index contributed by atoms with van der Waals surface area (Å²) in [4.78, 5) is 4.89. The van der Waals surface area contributed by atoms with Gasteiger partial charge in [-0.2, -0.15) is 10.6 Å². The molecular weight excluding hydrogens is 118 g/mol. The van der Waals surface area contributed by atoms with E-state index in [-0.39, 0.29) is 0 Å². The molecule has 0 aliphatic carbocycles. The summed E-state index contributed by atoms with van der Waals surface area (Å²) in [7, 11) is 3.54. The van der Waals surface area contributed by atoms with E-state index in [0.29, 0.717) is 0 Å². The topological polar surface area (TPSA) is 39.1 Å². The van der Waals surface area contributed by atoms with Crippen molar-refractivity contribution in [2.24, 2.45) is 7.05 Å². The lowest BCUT2D eigenvalue weighted by Crippen LogP contribution is -2.10. The number of hydrogen-bond acceptors (Lipinski definition) is 3. The van der Waals surface area contributed by atoms with Gasteiger partial charge in [0.2, 0.25) is 0 Å². The Kier molecular flexibility index (Phi) is 1.69. The minimum Gasteiger partial charge on any atom is -0.406 e. The molecule has 0 radical (unpaired) electrons. The van der Waals surface area contributed by atoms with Crippen molar-refractivity contribution in [2.75, 3.05) is 7.05 Å². The number of aryl methyl sites for hydroxylation is 1. The first-order valence-corrected chi connectivity index (χ1v) is 2.65. The second-order valence-corrected chi connectivity index (χ2v) is 1.66. The molecule has 4 nitrogen and oxygen atoms in total. The van der Waals surface area contributed by atoms with Crippen molar-refractivity contribution in [1.82, 2.24) is 15.3 Å². The van der Waals surface area contributed by atoms with E-state index in [1.807, 2.05) is 7.05 Å². The van der Waals surface area contributed by atoms with Crippen molar-refractivity contribution in [1.29, 1.82) is 0 Å². The maximum Gasteiger partial charge on any atom is 0.184 e. The van der Waals surface area contributed by atoms with E-state index < -0.39 is 0 Å². The number of hydrogen-bond donors (Lipinski definition) is 1. The predicted octanol–water partition coefficient (Wildman–Crippen LogP) is -0.0667. The highest BCUT2D eigenvalue weighted by molar-refractivity contribution is 5.10. The Morgan fingerprint density at radius 3 is 3.00 bits per heavy atom. The van der Waals surface area contributed by atoms with Crippen molar-refractivity contribution in [3.8, 4) is 5.75 Å². The molecule has 1 aromatic rings. The van der Waals surface area contributed by atoms with Gasteiger partial charge in [0.25, 0.3) is 0 Å². The molecule has 0 saturated heterocycles. The van der Waals surface area contributed by atoms with Crippen molar-refractivity contribution in [2.45, 2.75) is 0 Å². The van der Waals surface area contributed by atoms with Gasteiger partial charge in [-0.15, -0.1) is 0 Å². The van der Waals surface area contributed by atoms with Gasteiger partial charge >= 0.3 is 0 Å². The fourth-order valence-electron chi connectivity index (χ4n) is 0.569. The lowest BCUT2D eigenvalue weighted by atomic mass is 10.7. The van der Waals surface area contributed by atoms with E-state index in [9.17, 15) is 0 Å². The minimum absolute atomic E-state index is 0.722. The molecule has 50 valence electrons. The summed E-state index contributed by atoms with van der Waals surface area (Å²) >= 11 is 0. The third kappa shape index (κ3) is 1.43. The van der Waals surface area contributed by atoms with Gasteiger partial charge < -0.3 is 4.84 Å². The molecule has 0 spiro atoms. The molecule has 0 saturated carbocycles. The van der Waals surface area contributed by atoms with Gasteiger partial charge in [0.15, 0.2) is 5.75 Å². The smallest absolute Gasteiger partial charge is 0.184 e. The molecule has 1 heterocycles. The van der Waals surface area contributed by atoms with Crippen LogP contribution in [-0.4, -0.2) is 16.8 Å². The maximum absolute atomic E-state index is 4.89. The van der Waals surface area contributed by atoms with E-state index in [4.69, 9.17) is 4.84 Å². The molecule has 0 aliphatic rings. The van der Waals surface area contributed by atoms with E-state index in [0.717, 1.165) is 5.75 Å². The molecular formula is C5H9N3O. The fraction of sp³-hybridized carbons (Fsp3) is 0.400. The summed E-state index contributed by atoms with van der Waals surface area (Å²) in [6, 6.07) is 0. The van der Waals surface area contributed by atoms with Gasteiger partial charge in [0.1, 0.15) is 0 Å². The van der Waals surface area contributed by atoms with Gasteiger partial charge in [0, 0.05) is 14.1 Å². The normalized spacial score (nSPS) is 9.56. The lowest BCUT2D eigenvalue weighted by Gasteiger charge is -1.94. The third-order valence-electron chi connectivity index (χ3n) is 0.901. The highest BCUT2D eigenvalue weighted by Gasteiger charge is 1.92. The monoisotopic (exact) mass is 127 g/mol.